The number of ketones is 2. The molecule has 3 rings (SSSR count). The number of fused-ring (bicyclic) bond motifs is 1. The molecule has 2 aromatic rings. The van der Waals surface area contributed by atoms with E-state index in [1.54, 1.807) is 12.1 Å². The van der Waals surface area contributed by atoms with Crippen LogP contribution in [0.15, 0.2) is 45.0 Å². The molecule has 0 fully saturated rings. The van der Waals surface area contributed by atoms with E-state index in [0.717, 1.165) is 10.5 Å². The topological polar surface area (TPSA) is 69.4 Å². The van der Waals surface area contributed by atoms with Crippen molar-refractivity contribution in [3.63, 3.8) is 0 Å². The van der Waals surface area contributed by atoms with Gasteiger partial charge in [0.05, 0.1) is 7.11 Å². The van der Waals surface area contributed by atoms with E-state index in [0.29, 0.717) is 5.56 Å². The Morgan fingerprint density at radius 1 is 1.30 bits per heavy atom. The molecule has 6 heteroatoms. The fourth-order valence-corrected chi connectivity index (χ4v) is 2.30. The molecule has 20 heavy (non-hydrogen) atoms. The maximum atomic E-state index is 12.0. The van der Waals surface area contributed by atoms with Gasteiger partial charge in [0, 0.05) is 16.1 Å². The molecule has 5 nitrogen and oxygen atoms in total. The summed E-state index contributed by atoms with van der Waals surface area (Å²) in [4.78, 5) is 28.0. The molecular weight excluding hydrogens is 326 g/mol. The van der Waals surface area contributed by atoms with Crippen LogP contribution in [0.3, 0.4) is 0 Å². The lowest BCUT2D eigenvalue weighted by Gasteiger charge is -2.06. The average Bonchev–Trinajstić information content (AvgIpc) is 2.89. The summed E-state index contributed by atoms with van der Waals surface area (Å²) < 4.78 is 11.1. The summed E-state index contributed by atoms with van der Waals surface area (Å²) in [6.45, 7) is 0. The largest absolute Gasteiger partial charge is 0.492 e. The molecule has 0 radical (unpaired) electrons. The van der Waals surface area contributed by atoms with Crippen LogP contribution in [-0.2, 0) is 4.74 Å². The van der Waals surface area contributed by atoms with Crippen LogP contribution in [-0.4, -0.2) is 23.7 Å². The molecule has 100 valence electrons. The molecule has 1 heterocycles. The van der Waals surface area contributed by atoms with Gasteiger partial charge in [0.2, 0.25) is 17.4 Å². The van der Waals surface area contributed by atoms with Gasteiger partial charge in [0.1, 0.15) is 0 Å². The third-order valence-corrected chi connectivity index (χ3v) is 3.34. The predicted molar refractivity (Wildman–Crippen MR) is 73.4 cm³/mol. The van der Waals surface area contributed by atoms with Crippen molar-refractivity contribution in [1.82, 2.24) is 4.98 Å². The minimum Gasteiger partial charge on any atom is -0.492 e. The van der Waals surface area contributed by atoms with Crippen molar-refractivity contribution < 1.29 is 18.7 Å². The third-order valence-electron chi connectivity index (χ3n) is 2.84. The van der Waals surface area contributed by atoms with Gasteiger partial charge in [-0.05, 0) is 18.2 Å². The monoisotopic (exact) mass is 333 g/mol. The first-order valence-corrected chi connectivity index (χ1v) is 6.51. The van der Waals surface area contributed by atoms with Gasteiger partial charge >= 0.3 is 0 Å². The number of carbonyl (C=O) groups excluding carboxylic acids is 2. The van der Waals surface area contributed by atoms with Crippen LogP contribution in [0.1, 0.15) is 21.0 Å². The maximum absolute atomic E-state index is 12.0. The zero-order chi connectivity index (χ0) is 14.3. The smallest absolute Gasteiger partial charge is 0.265 e. The lowest BCUT2D eigenvalue weighted by molar-refractivity contribution is 0.0891. The van der Waals surface area contributed by atoms with E-state index in [1.807, 2.05) is 12.1 Å². The Bertz CT molecular complexity index is 760. The molecule has 0 aliphatic heterocycles. The summed E-state index contributed by atoms with van der Waals surface area (Å²) in [6.07, 6.45) is 1.12. The molecule has 0 unspecified atom stereocenters. The Kier molecular flexibility index (Phi) is 3.02. The van der Waals surface area contributed by atoms with Gasteiger partial charge in [-0.15, -0.1) is 0 Å². The first-order valence-electron chi connectivity index (χ1n) is 5.71. The molecule has 0 saturated carbocycles. The van der Waals surface area contributed by atoms with Gasteiger partial charge in [-0.1, -0.05) is 22.0 Å². The maximum Gasteiger partial charge on any atom is 0.265 e. The Balaban J connectivity index is 2.11. The van der Waals surface area contributed by atoms with Gasteiger partial charge in [-0.2, -0.15) is 0 Å². The van der Waals surface area contributed by atoms with E-state index in [2.05, 4.69) is 20.9 Å². The van der Waals surface area contributed by atoms with Crippen molar-refractivity contribution in [2.75, 3.05) is 7.11 Å². The second-order valence-electron chi connectivity index (χ2n) is 4.11. The van der Waals surface area contributed by atoms with E-state index in [9.17, 15) is 9.59 Å². The van der Waals surface area contributed by atoms with E-state index in [-0.39, 0.29) is 23.1 Å². The number of oxazole rings is 1. The number of aromatic nitrogens is 1. The molecule has 1 aliphatic carbocycles. The molecule has 0 bridgehead atoms. The van der Waals surface area contributed by atoms with Crippen molar-refractivity contribution >= 4 is 27.5 Å². The average molecular weight is 334 g/mol. The zero-order valence-electron chi connectivity index (χ0n) is 10.3. The Labute approximate surface area is 122 Å². The van der Waals surface area contributed by atoms with Crippen molar-refractivity contribution in [2.45, 2.75) is 0 Å². The van der Waals surface area contributed by atoms with E-state index in [1.165, 1.54) is 7.11 Å². The van der Waals surface area contributed by atoms with Crippen LogP contribution in [0.4, 0.5) is 0 Å². The molecule has 0 N–H and O–H groups in total. The van der Waals surface area contributed by atoms with Gasteiger partial charge in [-0.3, -0.25) is 9.59 Å². The lowest BCUT2D eigenvalue weighted by atomic mass is 10.1. The molecule has 1 aromatic carbocycles. The van der Waals surface area contributed by atoms with Crippen molar-refractivity contribution in [2.24, 2.45) is 0 Å². The normalized spacial score (nSPS) is 14.0. The van der Waals surface area contributed by atoms with Crippen molar-refractivity contribution in [1.29, 1.82) is 0 Å². The fourth-order valence-electron chi connectivity index (χ4n) is 1.90. The quantitative estimate of drug-likeness (QED) is 0.844. The molecular formula is C14H8BrNO4. The number of hydrogen-bond acceptors (Lipinski definition) is 5. The highest BCUT2D eigenvalue weighted by atomic mass is 79.9. The fraction of sp³-hybridized carbons (Fsp3) is 0.0714. The highest BCUT2D eigenvalue weighted by Crippen LogP contribution is 2.28. The number of methoxy groups -OCH3 is 1. The van der Waals surface area contributed by atoms with Gasteiger partial charge in [-0.25, -0.2) is 4.98 Å². The van der Waals surface area contributed by atoms with Crippen LogP contribution in [0.25, 0.3) is 11.5 Å². The lowest BCUT2D eigenvalue weighted by Crippen LogP contribution is -2.16. The molecule has 0 amide bonds. The van der Waals surface area contributed by atoms with Crippen LogP contribution in [0, 0.1) is 0 Å². The van der Waals surface area contributed by atoms with Crippen LogP contribution in [0.2, 0.25) is 0 Å². The van der Waals surface area contributed by atoms with Gasteiger partial charge in [0.25, 0.3) is 5.78 Å². The Hall–Kier alpha value is -2.21. The number of allylic oxidation sites excluding steroid dienone is 2. The number of ether oxygens (including phenoxy) is 1. The Morgan fingerprint density at radius 2 is 2.10 bits per heavy atom. The number of nitrogens with zero attached hydrogens (tertiary/aromatic N) is 1. The summed E-state index contributed by atoms with van der Waals surface area (Å²) in [5.41, 5.74) is 0.694. The minimum absolute atomic E-state index is 0.0192. The first-order chi connectivity index (χ1) is 9.60. The van der Waals surface area contributed by atoms with Gasteiger partial charge in [0.15, 0.2) is 11.5 Å². The minimum atomic E-state index is -0.476. The molecule has 0 saturated heterocycles. The number of halogens is 1. The molecule has 0 spiro atoms. The zero-order valence-corrected chi connectivity index (χ0v) is 11.9. The van der Waals surface area contributed by atoms with E-state index in [4.69, 9.17) is 9.15 Å². The third kappa shape index (κ3) is 1.98. The number of rotatable bonds is 2. The summed E-state index contributed by atoms with van der Waals surface area (Å²) in [5, 5.41) is 0. The SMILES string of the molecule is COC1=CC(=O)c2nc(-c3cccc(Br)c3)oc2C1=O. The molecule has 1 aromatic heterocycles. The number of hydrogen-bond donors (Lipinski definition) is 0. The standard InChI is InChI=1S/C14H8BrNO4/c1-19-10-6-9(17)11-13(12(10)18)20-14(16-11)7-3-2-4-8(15)5-7/h2-6H,1H3. The number of benzene rings is 1. The molecule has 0 atom stereocenters. The van der Waals surface area contributed by atoms with Crippen molar-refractivity contribution in [3.05, 3.63) is 52.0 Å². The summed E-state index contributed by atoms with van der Waals surface area (Å²) in [5.74, 6) is -0.773. The summed E-state index contributed by atoms with van der Waals surface area (Å²) in [6, 6.07) is 7.23. The van der Waals surface area contributed by atoms with E-state index < -0.39 is 11.6 Å². The van der Waals surface area contributed by atoms with Crippen LogP contribution in [0.5, 0.6) is 0 Å². The molecule has 1 aliphatic rings. The van der Waals surface area contributed by atoms with Crippen LogP contribution < -0.4 is 0 Å². The summed E-state index contributed by atoms with van der Waals surface area (Å²) >= 11 is 3.34. The van der Waals surface area contributed by atoms with Crippen molar-refractivity contribution in [3.8, 4) is 11.5 Å². The predicted octanol–water partition coefficient (Wildman–Crippen LogP) is 3.01. The highest BCUT2D eigenvalue weighted by molar-refractivity contribution is 9.10. The highest BCUT2D eigenvalue weighted by Gasteiger charge is 2.32. The Morgan fingerprint density at radius 3 is 2.80 bits per heavy atom. The second kappa shape index (κ2) is 4.72. The summed E-state index contributed by atoms with van der Waals surface area (Å²) in [7, 11) is 1.33. The van der Waals surface area contributed by atoms with Gasteiger partial charge < -0.3 is 9.15 Å². The number of Topliss-reactive ketones (excluding diaryl/α,β-unsaturated/α-hetero) is 1. The van der Waals surface area contributed by atoms with Crippen LogP contribution >= 0.6 is 15.9 Å². The number of carbonyl (C=O) groups is 2. The van der Waals surface area contributed by atoms with E-state index >= 15 is 0 Å². The second-order valence-corrected chi connectivity index (χ2v) is 5.03. The first kappa shape index (κ1) is 12.8.